The Morgan fingerprint density at radius 3 is 2.68 bits per heavy atom. The normalized spacial score (nSPS) is 22.0. The van der Waals surface area contributed by atoms with Crippen molar-refractivity contribution in [1.82, 2.24) is 4.90 Å². The molecule has 0 aliphatic carbocycles. The number of nitrogens with zero attached hydrogens (tertiary/aromatic N) is 2. The Balaban J connectivity index is 1.68. The van der Waals surface area contributed by atoms with Crippen LogP contribution in [0.5, 0.6) is 0 Å². The lowest BCUT2D eigenvalue weighted by Gasteiger charge is -2.31. The predicted molar refractivity (Wildman–Crippen MR) is 88.3 cm³/mol. The van der Waals surface area contributed by atoms with E-state index < -0.39 is 0 Å². The summed E-state index contributed by atoms with van der Waals surface area (Å²) in [4.78, 5) is 16.6. The Morgan fingerprint density at radius 2 is 1.95 bits per heavy atom. The molecule has 0 spiro atoms. The molecule has 2 amide bonds. The van der Waals surface area contributed by atoms with E-state index in [0.717, 1.165) is 37.4 Å². The number of piperidine rings is 1. The van der Waals surface area contributed by atoms with Crippen LogP contribution in [0.15, 0.2) is 24.3 Å². The van der Waals surface area contributed by atoms with Gasteiger partial charge < -0.3 is 20.2 Å². The summed E-state index contributed by atoms with van der Waals surface area (Å²) in [6.45, 7) is 3.65. The molecule has 0 bridgehead atoms. The third-order valence-corrected chi connectivity index (χ3v) is 4.67. The second-order valence-corrected chi connectivity index (χ2v) is 6.28. The van der Waals surface area contributed by atoms with Gasteiger partial charge in [-0.3, -0.25) is 0 Å². The number of carbonyl (C=O) groups is 1. The van der Waals surface area contributed by atoms with Crippen LogP contribution in [0, 0.1) is 5.92 Å². The SMILES string of the molecule is O=C(Nc1ccccc1N1CCCCC1)N1CCC(CO)C1. The molecule has 2 aliphatic rings. The molecule has 120 valence electrons. The average Bonchev–Trinajstić information content (AvgIpc) is 3.05. The lowest BCUT2D eigenvalue weighted by molar-refractivity contribution is 0.209. The van der Waals surface area contributed by atoms with E-state index in [-0.39, 0.29) is 18.6 Å². The van der Waals surface area contributed by atoms with Gasteiger partial charge in [0.1, 0.15) is 0 Å². The molecule has 2 heterocycles. The molecule has 5 nitrogen and oxygen atoms in total. The van der Waals surface area contributed by atoms with E-state index >= 15 is 0 Å². The fourth-order valence-electron chi connectivity index (χ4n) is 3.35. The molecule has 1 aromatic carbocycles. The molecular formula is C17H25N3O2. The fraction of sp³-hybridized carbons (Fsp3) is 0.588. The molecule has 2 aliphatic heterocycles. The first-order valence-corrected chi connectivity index (χ1v) is 8.28. The van der Waals surface area contributed by atoms with Crippen LogP contribution in [0.4, 0.5) is 16.2 Å². The monoisotopic (exact) mass is 303 g/mol. The minimum Gasteiger partial charge on any atom is -0.396 e. The summed E-state index contributed by atoms with van der Waals surface area (Å²) < 4.78 is 0. The molecule has 0 aromatic heterocycles. The second kappa shape index (κ2) is 7.01. The van der Waals surface area contributed by atoms with E-state index in [0.29, 0.717) is 6.54 Å². The smallest absolute Gasteiger partial charge is 0.321 e. The molecule has 5 heteroatoms. The number of benzene rings is 1. The number of amides is 2. The van der Waals surface area contributed by atoms with E-state index in [4.69, 9.17) is 0 Å². The summed E-state index contributed by atoms with van der Waals surface area (Å²) in [6.07, 6.45) is 4.61. The fourth-order valence-corrected chi connectivity index (χ4v) is 3.35. The molecule has 2 fully saturated rings. The highest BCUT2D eigenvalue weighted by Gasteiger charge is 2.26. The van der Waals surface area contributed by atoms with Gasteiger partial charge in [-0.05, 0) is 37.8 Å². The zero-order valence-electron chi connectivity index (χ0n) is 13.0. The summed E-state index contributed by atoms with van der Waals surface area (Å²) in [5.41, 5.74) is 2.01. The van der Waals surface area contributed by atoms with Crippen LogP contribution in [0.3, 0.4) is 0 Å². The number of aliphatic hydroxyl groups excluding tert-OH is 1. The number of urea groups is 1. The standard InChI is InChI=1S/C17H25N3O2/c21-13-14-8-11-20(12-14)17(22)18-15-6-2-3-7-16(15)19-9-4-1-5-10-19/h2-3,6-7,14,21H,1,4-5,8-13H2,(H,18,22). The van der Waals surface area contributed by atoms with Gasteiger partial charge in [-0.15, -0.1) is 0 Å². The Bertz CT molecular complexity index is 514. The number of para-hydroxylation sites is 2. The van der Waals surface area contributed by atoms with E-state index in [2.05, 4.69) is 16.3 Å². The van der Waals surface area contributed by atoms with Gasteiger partial charge in [0.2, 0.25) is 0 Å². The number of carbonyl (C=O) groups excluding carboxylic acids is 1. The van der Waals surface area contributed by atoms with Crippen LogP contribution in [0.1, 0.15) is 25.7 Å². The van der Waals surface area contributed by atoms with Gasteiger partial charge in [0.05, 0.1) is 11.4 Å². The number of nitrogens with one attached hydrogen (secondary N) is 1. The highest BCUT2D eigenvalue weighted by Crippen LogP contribution is 2.29. The Hall–Kier alpha value is -1.75. The second-order valence-electron chi connectivity index (χ2n) is 6.28. The van der Waals surface area contributed by atoms with E-state index in [1.807, 2.05) is 18.2 Å². The van der Waals surface area contributed by atoms with Crippen molar-refractivity contribution in [2.24, 2.45) is 5.92 Å². The van der Waals surface area contributed by atoms with Gasteiger partial charge in [-0.25, -0.2) is 4.79 Å². The van der Waals surface area contributed by atoms with Gasteiger partial charge in [0, 0.05) is 38.7 Å². The summed E-state index contributed by atoms with van der Waals surface area (Å²) >= 11 is 0. The zero-order valence-corrected chi connectivity index (χ0v) is 13.0. The molecular weight excluding hydrogens is 278 g/mol. The van der Waals surface area contributed by atoms with Gasteiger partial charge in [-0.2, -0.15) is 0 Å². The summed E-state index contributed by atoms with van der Waals surface area (Å²) in [5, 5.41) is 12.3. The summed E-state index contributed by atoms with van der Waals surface area (Å²) in [7, 11) is 0. The molecule has 3 rings (SSSR count). The summed E-state index contributed by atoms with van der Waals surface area (Å²) in [6, 6.07) is 7.99. The van der Waals surface area contributed by atoms with Gasteiger partial charge in [0.25, 0.3) is 0 Å². The molecule has 1 aromatic rings. The van der Waals surface area contributed by atoms with Crippen molar-refractivity contribution in [3.05, 3.63) is 24.3 Å². The van der Waals surface area contributed by atoms with Gasteiger partial charge in [0.15, 0.2) is 0 Å². The topological polar surface area (TPSA) is 55.8 Å². The van der Waals surface area contributed by atoms with Crippen molar-refractivity contribution < 1.29 is 9.90 Å². The number of anilines is 2. The van der Waals surface area contributed by atoms with Crippen molar-refractivity contribution in [3.8, 4) is 0 Å². The lowest BCUT2D eigenvalue weighted by atomic mass is 10.1. The van der Waals surface area contributed by atoms with Crippen LogP contribution in [-0.4, -0.2) is 48.8 Å². The Morgan fingerprint density at radius 1 is 1.18 bits per heavy atom. The maximum atomic E-state index is 12.4. The van der Waals surface area contributed by atoms with Crippen LogP contribution in [0.25, 0.3) is 0 Å². The van der Waals surface area contributed by atoms with Crippen molar-refractivity contribution >= 4 is 17.4 Å². The molecule has 0 saturated carbocycles. The highest BCUT2D eigenvalue weighted by molar-refractivity contribution is 5.93. The first-order valence-electron chi connectivity index (χ1n) is 8.28. The first-order chi connectivity index (χ1) is 10.8. The van der Waals surface area contributed by atoms with Crippen molar-refractivity contribution in [2.75, 3.05) is 43.0 Å². The molecule has 22 heavy (non-hydrogen) atoms. The van der Waals surface area contributed by atoms with Crippen LogP contribution in [0.2, 0.25) is 0 Å². The molecule has 1 unspecified atom stereocenters. The minimum atomic E-state index is -0.0552. The molecule has 0 radical (unpaired) electrons. The third-order valence-electron chi connectivity index (χ3n) is 4.67. The maximum Gasteiger partial charge on any atom is 0.321 e. The number of hydrogen-bond donors (Lipinski definition) is 2. The lowest BCUT2D eigenvalue weighted by Crippen LogP contribution is -2.35. The molecule has 2 saturated heterocycles. The van der Waals surface area contributed by atoms with E-state index in [9.17, 15) is 9.90 Å². The van der Waals surface area contributed by atoms with E-state index in [1.54, 1.807) is 4.90 Å². The Labute approximate surface area is 131 Å². The van der Waals surface area contributed by atoms with Gasteiger partial charge in [-0.1, -0.05) is 12.1 Å². The van der Waals surface area contributed by atoms with Crippen LogP contribution in [-0.2, 0) is 0 Å². The van der Waals surface area contributed by atoms with Crippen molar-refractivity contribution in [3.63, 3.8) is 0 Å². The first kappa shape index (κ1) is 15.2. The largest absolute Gasteiger partial charge is 0.396 e. The zero-order chi connectivity index (χ0) is 15.4. The van der Waals surface area contributed by atoms with E-state index in [1.165, 1.54) is 19.3 Å². The maximum absolute atomic E-state index is 12.4. The van der Waals surface area contributed by atoms with Crippen LogP contribution >= 0.6 is 0 Å². The average molecular weight is 303 g/mol. The van der Waals surface area contributed by atoms with Gasteiger partial charge >= 0.3 is 6.03 Å². The molecule has 2 N–H and O–H groups in total. The third kappa shape index (κ3) is 3.35. The quantitative estimate of drug-likeness (QED) is 0.902. The molecule has 1 atom stereocenters. The summed E-state index contributed by atoms with van der Waals surface area (Å²) in [5.74, 6) is 0.225. The van der Waals surface area contributed by atoms with Crippen LogP contribution < -0.4 is 10.2 Å². The van der Waals surface area contributed by atoms with Crippen molar-refractivity contribution in [1.29, 1.82) is 0 Å². The number of likely N-dealkylation sites (tertiary alicyclic amines) is 1. The van der Waals surface area contributed by atoms with Crippen molar-refractivity contribution in [2.45, 2.75) is 25.7 Å². The highest BCUT2D eigenvalue weighted by atomic mass is 16.3. The number of aliphatic hydroxyl groups is 1. The predicted octanol–water partition coefficient (Wildman–Crippen LogP) is 2.52. The minimum absolute atomic E-state index is 0.0552. The number of rotatable bonds is 3. The number of hydrogen-bond acceptors (Lipinski definition) is 3. The Kier molecular flexibility index (Phi) is 4.83.